The molecule has 1 saturated carbocycles. The lowest BCUT2D eigenvalue weighted by atomic mass is 10.1. The molecule has 0 spiro atoms. The number of ether oxygens (including phenoxy) is 1. The maximum Gasteiger partial charge on any atom is 0.312 e. The van der Waals surface area contributed by atoms with Gasteiger partial charge in [0.1, 0.15) is 0 Å². The minimum atomic E-state index is -0.584. The first-order valence-electron chi connectivity index (χ1n) is 6.64. The Labute approximate surface area is 132 Å². The maximum absolute atomic E-state index is 11.9. The van der Waals surface area contributed by atoms with Crippen LogP contribution in [0.4, 0.5) is 4.79 Å². The van der Waals surface area contributed by atoms with Crippen molar-refractivity contribution in [1.29, 1.82) is 0 Å². The number of hydrogen-bond donors (Lipinski definition) is 2. The van der Waals surface area contributed by atoms with Crippen LogP contribution in [0.15, 0.2) is 18.2 Å². The van der Waals surface area contributed by atoms with E-state index in [2.05, 4.69) is 5.32 Å². The third-order valence-electron chi connectivity index (χ3n) is 3.34. The van der Waals surface area contributed by atoms with Crippen LogP contribution in [0.25, 0.3) is 0 Å². The van der Waals surface area contributed by atoms with Crippen molar-refractivity contribution in [3.63, 3.8) is 0 Å². The summed E-state index contributed by atoms with van der Waals surface area (Å²) in [6.45, 7) is 0.641. The van der Waals surface area contributed by atoms with Gasteiger partial charge in [0.05, 0.1) is 22.6 Å². The zero-order chi connectivity index (χ0) is 15.4. The Balaban J connectivity index is 1.76. The van der Waals surface area contributed by atoms with Crippen LogP contribution in [0.1, 0.15) is 24.3 Å². The van der Waals surface area contributed by atoms with E-state index in [1.54, 1.807) is 6.07 Å². The molecular weight excluding hydrogens is 315 g/mol. The average Bonchev–Trinajstić information content (AvgIpc) is 3.21. The summed E-state index contributed by atoms with van der Waals surface area (Å²) < 4.78 is 5.16. The summed E-state index contributed by atoms with van der Waals surface area (Å²) in [5.74, 6) is -0.326. The van der Waals surface area contributed by atoms with Gasteiger partial charge in [0.25, 0.3) is 0 Å². The van der Waals surface area contributed by atoms with Crippen LogP contribution in [-0.4, -0.2) is 25.2 Å². The number of esters is 1. The van der Waals surface area contributed by atoms with Crippen LogP contribution in [-0.2, 0) is 9.53 Å². The van der Waals surface area contributed by atoms with Crippen LogP contribution in [0.5, 0.6) is 0 Å². The molecule has 0 saturated heterocycles. The van der Waals surface area contributed by atoms with E-state index in [0.717, 1.165) is 12.0 Å². The molecule has 0 heterocycles. The lowest BCUT2D eigenvalue weighted by Gasteiger charge is -2.06. The fourth-order valence-electron chi connectivity index (χ4n) is 2.17. The molecule has 1 aliphatic carbocycles. The van der Waals surface area contributed by atoms with Crippen LogP contribution in [0.2, 0.25) is 10.0 Å². The number of nitrogens with one attached hydrogen (secondary N) is 1. The summed E-state index contributed by atoms with van der Waals surface area (Å²) in [5, 5.41) is 3.42. The first-order chi connectivity index (χ1) is 10.0. The predicted molar refractivity (Wildman–Crippen MR) is 80.5 cm³/mol. The van der Waals surface area contributed by atoms with Gasteiger partial charge in [-0.2, -0.15) is 0 Å². The summed E-state index contributed by atoms with van der Waals surface area (Å²) in [4.78, 5) is 22.3. The molecular formula is C14H16Cl2N2O3. The molecule has 3 N–H and O–H groups in total. The van der Waals surface area contributed by atoms with Crippen molar-refractivity contribution in [1.82, 2.24) is 5.32 Å². The van der Waals surface area contributed by atoms with E-state index in [-0.39, 0.29) is 24.4 Å². The molecule has 1 aromatic rings. The smallest absolute Gasteiger partial charge is 0.312 e. The minimum Gasteiger partial charge on any atom is -0.465 e. The maximum atomic E-state index is 11.9. The summed E-state index contributed by atoms with van der Waals surface area (Å²) in [5.41, 5.74) is 5.81. The Hall–Kier alpha value is -1.46. The lowest BCUT2D eigenvalue weighted by Crippen LogP contribution is -2.30. The van der Waals surface area contributed by atoms with Crippen LogP contribution in [0.3, 0.4) is 0 Å². The van der Waals surface area contributed by atoms with Gasteiger partial charge in [0, 0.05) is 6.54 Å². The Kier molecular flexibility index (Phi) is 5.31. The van der Waals surface area contributed by atoms with E-state index in [1.807, 2.05) is 12.1 Å². The first kappa shape index (κ1) is 15.9. The molecule has 2 amide bonds. The first-order valence-corrected chi connectivity index (χ1v) is 7.40. The van der Waals surface area contributed by atoms with Crippen molar-refractivity contribution in [2.24, 2.45) is 11.7 Å². The molecule has 21 heavy (non-hydrogen) atoms. The van der Waals surface area contributed by atoms with Crippen molar-refractivity contribution >= 4 is 35.2 Å². The molecule has 114 valence electrons. The third-order valence-corrected chi connectivity index (χ3v) is 4.17. The highest BCUT2D eigenvalue weighted by Gasteiger charge is 2.46. The molecule has 1 aliphatic rings. The molecule has 0 radical (unpaired) electrons. The Bertz CT molecular complexity index is 551. The fourth-order valence-corrected chi connectivity index (χ4v) is 2.62. The van der Waals surface area contributed by atoms with Gasteiger partial charge in [-0.1, -0.05) is 35.3 Å². The summed E-state index contributed by atoms with van der Waals surface area (Å²) in [7, 11) is 0. The number of benzene rings is 1. The largest absolute Gasteiger partial charge is 0.465 e. The Morgan fingerprint density at radius 3 is 2.86 bits per heavy atom. The summed E-state index contributed by atoms with van der Waals surface area (Å²) >= 11 is 12.1. The Morgan fingerprint density at radius 1 is 1.38 bits per heavy atom. The second-order valence-electron chi connectivity index (χ2n) is 4.90. The summed E-state index contributed by atoms with van der Waals surface area (Å²) in [6, 6.07) is 4.83. The van der Waals surface area contributed by atoms with E-state index in [1.165, 1.54) is 0 Å². The van der Waals surface area contributed by atoms with Gasteiger partial charge in [0.2, 0.25) is 0 Å². The van der Waals surface area contributed by atoms with E-state index in [0.29, 0.717) is 23.0 Å². The second kappa shape index (κ2) is 7.00. The molecule has 0 aliphatic heterocycles. The molecule has 2 rings (SSSR count). The topological polar surface area (TPSA) is 81.4 Å². The zero-order valence-electron chi connectivity index (χ0n) is 11.3. The number of amides is 2. The lowest BCUT2D eigenvalue weighted by molar-refractivity contribution is -0.145. The number of urea groups is 1. The molecule has 0 aromatic heterocycles. The number of carbonyl (C=O) groups is 2. The van der Waals surface area contributed by atoms with Crippen LogP contribution in [0, 0.1) is 5.92 Å². The second-order valence-corrected chi connectivity index (χ2v) is 5.69. The number of halogens is 2. The molecule has 0 bridgehead atoms. The molecule has 7 heteroatoms. The van der Waals surface area contributed by atoms with Gasteiger partial charge in [-0.25, -0.2) is 4.79 Å². The number of nitrogens with two attached hydrogens (primary N) is 1. The average molecular weight is 331 g/mol. The standard InChI is InChI=1S/C14H16Cl2N2O3/c15-11-4-1-3-8(12(11)16)9-7-10(9)13(19)21-6-2-5-18-14(17)20/h1,3-4,9-10H,2,5-7H2,(H3,17,18,20)/t9-,10+/m1/s1. The predicted octanol–water partition coefficient (Wildman–Crippen LogP) is 2.70. The minimum absolute atomic E-state index is 0.0763. The molecule has 0 unspecified atom stereocenters. The number of rotatable bonds is 6. The van der Waals surface area contributed by atoms with Gasteiger partial charge < -0.3 is 15.8 Å². The van der Waals surface area contributed by atoms with Gasteiger partial charge in [-0.3, -0.25) is 4.79 Å². The van der Waals surface area contributed by atoms with Gasteiger partial charge >= 0.3 is 12.0 Å². The third kappa shape index (κ3) is 4.25. The fraction of sp³-hybridized carbons (Fsp3) is 0.429. The monoisotopic (exact) mass is 330 g/mol. The van der Waals surface area contributed by atoms with Crippen molar-refractivity contribution in [3.8, 4) is 0 Å². The highest BCUT2D eigenvalue weighted by molar-refractivity contribution is 6.42. The zero-order valence-corrected chi connectivity index (χ0v) is 12.8. The number of hydrogen-bond acceptors (Lipinski definition) is 3. The normalized spacial score (nSPS) is 19.9. The van der Waals surface area contributed by atoms with Crippen LogP contribution < -0.4 is 11.1 Å². The van der Waals surface area contributed by atoms with Crippen molar-refractivity contribution < 1.29 is 14.3 Å². The number of carbonyl (C=O) groups excluding carboxylic acids is 2. The van der Waals surface area contributed by atoms with E-state index < -0.39 is 6.03 Å². The highest BCUT2D eigenvalue weighted by Crippen LogP contribution is 2.51. The molecule has 5 nitrogen and oxygen atoms in total. The molecule has 1 fully saturated rings. The van der Waals surface area contributed by atoms with Crippen molar-refractivity contribution in [2.75, 3.05) is 13.2 Å². The molecule has 2 atom stereocenters. The van der Waals surface area contributed by atoms with E-state index >= 15 is 0 Å². The molecule has 1 aromatic carbocycles. The van der Waals surface area contributed by atoms with Crippen LogP contribution >= 0.6 is 23.2 Å². The van der Waals surface area contributed by atoms with E-state index in [4.69, 9.17) is 33.7 Å². The van der Waals surface area contributed by atoms with Gasteiger partial charge in [-0.15, -0.1) is 0 Å². The highest BCUT2D eigenvalue weighted by atomic mass is 35.5. The van der Waals surface area contributed by atoms with Crippen molar-refractivity contribution in [3.05, 3.63) is 33.8 Å². The van der Waals surface area contributed by atoms with E-state index in [9.17, 15) is 9.59 Å². The van der Waals surface area contributed by atoms with Crippen molar-refractivity contribution in [2.45, 2.75) is 18.8 Å². The van der Waals surface area contributed by atoms with Gasteiger partial charge in [-0.05, 0) is 30.4 Å². The Morgan fingerprint density at radius 2 is 2.14 bits per heavy atom. The summed E-state index contributed by atoms with van der Waals surface area (Å²) in [6.07, 6.45) is 1.25. The quantitative estimate of drug-likeness (QED) is 0.621. The SMILES string of the molecule is NC(=O)NCCCOC(=O)[C@H]1C[C@@H]1c1cccc(Cl)c1Cl. The number of primary amides is 1. The van der Waals surface area contributed by atoms with Gasteiger partial charge in [0.15, 0.2) is 0 Å².